The Kier molecular flexibility index (Phi) is 4.70. The lowest BCUT2D eigenvalue weighted by molar-refractivity contribution is -0.156. The van der Waals surface area contributed by atoms with Crippen molar-refractivity contribution in [3.63, 3.8) is 0 Å². The molecule has 4 heteroatoms. The summed E-state index contributed by atoms with van der Waals surface area (Å²) in [7, 11) is 1.33. The highest BCUT2D eigenvalue weighted by molar-refractivity contribution is 5.89. The van der Waals surface area contributed by atoms with Crippen LogP contribution in [-0.4, -0.2) is 24.6 Å². The summed E-state index contributed by atoms with van der Waals surface area (Å²) in [6, 6.07) is 6.76. The number of rotatable bonds is 3. The highest BCUT2D eigenvalue weighted by Crippen LogP contribution is 2.20. The van der Waals surface area contributed by atoms with E-state index in [2.05, 4.69) is 4.74 Å². The fraction of sp³-hybridized carbons (Fsp3) is 0.467. The fourth-order valence-corrected chi connectivity index (χ4v) is 1.55. The maximum Gasteiger partial charge on any atom is 0.337 e. The van der Waals surface area contributed by atoms with E-state index < -0.39 is 11.6 Å². The van der Waals surface area contributed by atoms with Crippen LogP contribution in [0.25, 0.3) is 0 Å². The Morgan fingerprint density at radius 1 is 1.11 bits per heavy atom. The molecular formula is C15H20O4. The summed E-state index contributed by atoms with van der Waals surface area (Å²) in [5.74, 6) is -1.04. The number of benzene rings is 1. The van der Waals surface area contributed by atoms with Gasteiger partial charge in [0.1, 0.15) is 5.60 Å². The topological polar surface area (TPSA) is 52.6 Å². The summed E-state index contributed by atoms with van der Waals surface area (Å²) >= 11 is 0. The third kappa shape index (κ3) is 4.39. The van der Waals surface area contributed by atoms with E-state index in [4.69, 9.17) is 4.74 Å². The maximum atomic E-state index is 11.9. The first kappa shape index (κ1) is 15.2. The molecule has 0 aliphatic rings. The Morgan fingerprint density at radius 3 is 2.05 bits per heavy atom. The van der Waals surface area contributed by atoms with Crippen LogP contribution in [0.1, 0.15) is 49.5 Å². The molecule has 4 nitrogen and oxygen atoms in total. The van der Waals surface area contributed by atoms with Crippen molar-refractivity contribution >= 4 is 11.9 Å². The summed E-state index contributed by atoms with van der Waals surface area (Å²) in [4.78, 5) is 23.2. The van der Waals surface area contributed by atoms with Crippen molar-refractivity contribution in [3.8, 4) is 0 Å². The molecule has 0 amide bonds. The molecule has 0 aliphatic heterocycles. The van der Waals surface area contributed by atoms with Crippen LogP contribution in [0.2, 0.25) is 0 Å². The van der Waals surface area contributed by atoms with E-state index in [1.807, 2.05) is 20.8 Å². The molecule has 1 atom stereocenters. The lowest BCUT2D eigenvalue weighted by Crippen LogP contribution is -2.26. The van der Waals surface area contributed by atoms with Crippen LogP contribution in [0.3, 0.4) is 0 Å². The van der Waals surface area contributed by atoms with E-state index >= 15 is 0 Å². The molecule has 1 aromatic carbocycles. The first-order valence-electron chi connectivity index (χ1n) is 6.15. The Bertz CT molecular complexity index is 454. The molecule has 0 aromatic heterocycles. The van der Waals surface area contributed by atoms with Crippen molar-refractivity contribution in [2.45, 2.75) is 39.2 Å². The Morgan fingerprint density at radius 2 is 1.63 bits per heavy atom. The first-order chi connectivity index (χ1) is 8.74. The summed E-state index contributed by atoms with van der Waals surface area (Å²) < 4.78 is 9.94. The zero-order chi connectivity index (χ0) is 14.6. The number of esters is 2. The van der Waals surface area contributed by atoms with Crippen molar-refractivity contribution in [2.24, 2.45) is 0 Å². The van der Waals surface area contributed by atoms with Gasteiger partial charge in [-0.25, -0.2) is 4.79 Å². The monoisotopic (exact) mass is 264 g/mol. The quantitative estimate of drug-likeness (QED) is 0.788. The minimum Gasteiger partial charge on any atom is -0.465 e. The third-order valence-corrected chi connectivity index (χ3v) is 2.59. The minimum atomic E-state index is -0.503. The van der Waals surface area contributed by atoms with Crippen LogP contribution in [0.5, 0.6) is 0 Å². The Hall–Kier alpha value is -1.84. The van der Waals surface area contributed by atoms with Gasteiger partial charge in [-0.05, 0) is 45.4 Å². The van der Waals surface area contributed by atoms with Gasteiger partial charge in [-0.15, -0.1) is 0 Å². The van der Waals surface area contributed by atoms with Gasteiger partial charge in [0.2, 0.25) is 0 Å². The van der Waals surface area contributed by atoms with Gasteiger partial charge in [0.25, 0.3) is 0 Å². The highest BCUT2D eigenvalue weighted by atomic mass is 16.6. The van der Waals surface area contributed by atoms with Crippen molar-refractivity contribution in [2.75, 3.05) is 7.11 Å². The number of hydrogen-bond acceptors (Lipinski definition) is 4. The molecule has 0 radical (unpaired) electrons. The van der Waals surface area contributed by atoms with Crippen LogP contribution in [0.15, 0.2) is 24.3 Å². The van der Waals surface area contributed by atoms with Crippen molar-refractivity contribution < 1.29 is 19.1 Å². The zero-order valence-electron chi connectivity index (χ0n) is 12.0. The highest BCUT2D eigenvalue weighted by Gasteiger charge is 2.23. The number of ether oxygens (including phenoxy) is 2. The smallest absolute Gasteiger partial charge is 0.337 e. The van der Waals surface area contributed by atoms with Gasteiger partial charge in [0.15, 0.2) is 0 Å². The molecular weight excluding hydrogens is 244 g/mol. The average Bonchev–Trinajstić information content (AvgIpc) is 2.35. The summed E-state index contributed by atoms with van der Waals surface area (Å²) in [6.07, 6.45) is 0. The summed E-state index contributed by atoms with van der Waals surface area (Å²) in [5.41, 5.74) is 0.765. The molecule has 0 spiro atoms. The second kappa shape index (κ2) is 5.87. The molecule has 19 heavy (non-hydrogen) atoms. The Labute approximate surface area is 113 Å². The van der Waals surface area contributed by atoms with Gasteiger partial charge in [-0.1, -0.05) is 12.1 Å². The lowest BCUT2D eigenvalue weighted by Gasteiger charge is -2.22. The molecule has 1 unspecified atom stereocenters. The van der Waals surface area contributed by atoms with Crippen LogP contribution in [0.4, 0.5) is 0 Å². The number of hydrogen-bond donors (Lipinski definition) is 0. The number of methoxy groups -OCH3 is 1. The zero-order valence-corrected chi connectivity index (χ0v) is 12.0. The maximum absolute atomic E-state index is 11.9. The SMILES string of the molecule is COC(=O)c1ccc(C(C)C(=O)OC(C)(C)C)cc1. The molecule has 104 valence electrons. The average molecular weight is 264 g/mol. The molecule has 1 aromatic rings. The van der Waals surface area contributed by atoms with Crippen LogP contribution in [-0.2, 0) is 14.3 Å². The summed E-state index contributed by atoms with van der Waals surface area (Å²) in [6.45, 7) is 7.27. The van der Waals surface area contributed by atoms with E-state index in [0.29, 0.717) is 5.56 Å². The van der Waals surface area contributed by atoms with Gasteiger partial charge >= 0.3 is 11.9 Å². The van der Waals surface area contributed by atoms with Gasteiger partial charge in [-0.2, -0.15) is 0 Å². The van der Waals surface area contributed by atoms with Crippen LogP contribution >= 0.6 is 0 Å². The number of carbonyl (C=O) groups excluding carboxylic acids is 2. The fourth-order valence-electron chi connectivity index (χ4n) is 1.55. The van der Waals surface area contributed by atoms with Crippen LogP contribution < -0.4 is 0 Å². The van der Waals surface area contributed by atoms with Gasteiger partial charge in [-0.3, -0.25) is 4.79 Å². The van der Waals surface area contributed by atoms with Crippen molar-refractivity contribution in [3.05, 3.63) is 35.4 Å². The van der Waals surface area contributed by atoms with E-state index in [1.54, 1.807) is 31.2 Å². The lowest BCUT2D eigenvalue weighted by atomic mass is 9.99. The predicted molar refractivity (Wildman–Crippen MR) is 72.0 cm³/mol. The van der Waals surface area contributed by atoms with E-state index in [9.17, 15) is 9.59 Å². The largest absolute Gasteiger partial charge is 0.465 e. The first-order valence-corrected chi connectivity index (χ1v) is 6.15. The summed E-state index contributed by atoms with van der Waals surface area (Å²) in [5, 5.41) is 0. The second-order valence-corrected chi connectivity index (χ2v) is 5.37. The molecule has 0 saturated heterocycles. The molecule has 0 fully saturated rings. The van der Waals surface area contributed by atoms with E-state index in [1.165, 1.54) is 7.11 Å². The van der Waals surface area contributed by atoms with Gasteiger partial charge in [0, 0.05) is 0 Å². The Balaban J connectivity index is 2.80. The molecule has 0 N–H and O–H groups in total. The van der Waals surface area contributed by atoms with Gasteiger partial charge in [0.05, 0.1) is 18.6 Å². The molecule has 1 rings (SSSR count). The van der Waals surface area contributed by atoms with Gasteiger partial charge < -0.3 is 9.47 Å². The van der Waals surface area contributed by atoms with Crippen molar-refractivity contribution in [1.29, 1.82) is 0 Å². The van der Waals surface area contributed by atoms with Crippen LogP contribution in [0, 0.1) is 0 Å². The standard InChI is InChI=1S/C15H20O4/c1-10(13(16)19-15(2,3)4)11-6-8-12(9-7-11)14(17)18-5/h6-10H,1-5H3. The molecule has 0 aliphatic carbocycles. The molecule has 0 saturated carbocycles. The molecule has 0 bridgehead atoms. The van der Waals surface area contributed by atoms with E-state index in [-0.39, 0.29) is 11.9 Å². The minimum absolute atomic E-state index is 0.279. The number of carbonyl (C=O) groups is 2. The normalized spacial score (nSPS) is 12.7. The third-order valence-electron chi connectivity index (χ3n) is 2.59. The molecule has 0 heterocycles. The van der Waals surface area contributed by atoms with Crippen molar-refractivity contribution in [1.82, 2.24) is 0 Å². The van der Waals surface area contributed by atoms with E-state index in [0.717, 1.165) is 5.56 Å². The predicted octanol–water partition coefficient (Wildman–Crippen LogP) is 2.92. The second-order valence-electron chi connectivity index (χ2n) is 5.37.